The lowest BCUT2D eigenvalue weighted by atomic mass is 10.2. The van der Waals surface area contributed by atoms with Gasteiger partial charge < -0.3 is 20.1 Å². The van der Waals surface area contributed by atoms with Gasteiger partial charge in [0, 0.05) is 32.2 Å². The number of hydrogen-bond donors (Lipinski definition) is 2. The number of imidazole rings is 1. The summed E-state index contributed by atoms with van der Waals surface area (Å²) in [6, 6.07) is 11.7. The normalized spacial score (nSPS) is 15.3. The summed E-state index contributed by atoms with van der Waals surface area (Å²) in [7, 11) is 1.74. The largest absolute Gasteiger partial charge is 0.486 e. The summed E-state index contributed by atoms with van der Waals surface area (Å²) in [4.78, 5) is 13.0. The third kappa shape index (κ3) is 5.21. The molecule has 0 fully saturated rings. The summed E-state index contributed by atoms with van der Waals surface area (Å²) in [5.41, 5.74) is 1.06. The van der Waals surface area contributed by atoms with E-state index in [2.05, 4.69) is 25.6 Å². The van der Waals surface area contributed by atoms with Crippen LogP contribution in [0.25, 0.3) is 5.82 Å². The van der Waals surface area contributed by atoms with Crippen molar-refractivity contribution < 1.29 is 9.47 Å². The monoisotopic (exact) mass is 520 g/mol. The van der Waals surface area contributed by atoms with Crippen molar-refractivity contribution in [2.75, 3.05) is 20.2 Å². The topological polar surface area (TPSA) is 85.6 Å². The van der Waals surface area contributed by atoms with Crippen LogP contribution >= 0.6 is 24.0 Å². The first kappa shape index (κ1) is 21.9. The van der Waals surface area contributed by atoms with Crippen molar-refractivity contribution in [1.82, 2.24) is 25.2 Å². The number of benzene rings is 1. The number of aryl methyl sites for hydroxylation is 1. The molecule has 3 heterocycles. The minimum Gasteiger partial charge on any atom is -0.486 e. The maximum atomic E-state index is 5.96. The van der Waals surface area contributed by atoms with E-state index >= 15 is 0 Å². The third-order valence-corrected chi connectivity index (χ3v) is 4.63. The van der Waals surface area contributed by atoms with Crippen molar-refractivity contribution in [3.05, 3.63) is 66.4 Å². The Labute approximate surface area is 192 Å². The summed E-state index contributed by atoms with van der Waals surface area (Å²) in [5.74, 6) is 4.01. The minimum atomic E-state index is -0.0807. The van der Waals surface area contributed by atoms with Gasteiger partial charge in [0.05, 0.1) is 6.54 Å². The van der Waals surface area contributed by atoms with E-state index < -0.39 is 0 Å². The van der Waals surface area contributed by atoms with Crippen LogP contribution in [0.15, 0.2) is 60.0 Å². The third-order valence-electron chi connectivity index (χ3n) is 4.63. The first-order chi connectivity index (χ1) is 14.2. The predicted molar refractivity (Wildman–Crippen MR) is 126 cm³/mol. The number of nitrogens with one attached hydrogen (secondary N) is 2. The van der Waals surface area contributed by atoms with E-state index in [9.17, 15) is 0 Å². The minimum absolute atomic E-state index is 0. The van der Waals surface area contributed by atoms with E-state index in [0.717, 1.165) is 28.7 Å². The molecule has 4 rings (SSSR count). The van der Waals surface area contributed by atoms with E-state index in [0.29, 0.717) is 25.7 Å². The van der Waals surface area contributed by atoms with Gasteiger partial charge in [-0.05, 0) is 30.7 Å². The highest BCUT2D eigenvalue weighted by molar-refractivity contribution is 14.0. The van der Waals surface area contributed by atoms with Gasteiger partial charge in [-0.3, -0.25) is 9.56 Å². The fourth-order valence-electron chi connectivity index (χ4n) is 3.06. The van der Waals surface area contributed by atoms with Crippen molar-refractivity contribution in [3.63, 3.8) is 0 Å². The average Bonchev–Trinajstić information content (AvgIpc) is 3.20. The Morgan fingerprint density at radius 2 is 2.00 bits per heavy atom. The quantitative estimate of drug-likeness (QED) is 0.306. The summed E-state index contributed by atoms with van der Waals surface area (Å²) in [5, 5.41) is 6.58. The Kier molecular flexibility index (Phi) is 7.50. The molecular formula is C21H25IN6O2. The Morgan fingerprint density at radius 1 is 1.17 bits per heavy atom. The number of aliphatic imine (C=N–C) groups is 1. The molecule has 0 amide bonds. The molecule has 0 saturated heterocycles. The van der Waals surface area contributed by atoms with Crippen LogP contribution in [0.3, 0.4) is 0 Å². The van der Waals surface area contributed by atoms with Crippen molar-refractivity contribution in [1.29, 1.82) is 0 Å². The molecule has 1 aliphatic heterocycles. The lowest BCUT2D eigenvalue weighted by Crippen LogP contribution is -2.45. The van der Waals surface area contributed by atoms with Gasteiger partial charge in [0.1, 0.15) is 24.4 Å². The number of nitrogens with zero attached hydrogens (tertiary/aromatic N) is 4. The van der Waals surface area contributed by atoms with E-state index in [1.54, 1.807) is 13.2 Å². The highest BCUT2D eigenvalue weighted by atomic mass is 127. The zero-order chi connectivity index (χ0) is 20.1. The second kappa shape index (κ2) is 10.3. The van der Waals surface area contributed by atoms with Gasteiger partial charge in [-0.2, -0.15) is 0 Å². The lowest BCUT2D eigenvalue weighted by molar-refractivity contribution is 0.0936. The summed E-state index contributed by atoms with van der Waals surface area (Å²) < 4.78 is 13.6. The Hall–Kier alpha value is -2.82. The number of fused-ring (bicyclic) bond motifs is 1. The number of aromatic nitrogens is 3. The van der Waals surface area contributed by atoms with Crippen molar-refractivity contribution in [2.45, 2.75) is 19.6 Å². The van der Waals surface area contributed by atoms with Gasteiger partial charge in [0.15, 0.2) is 17.5 Å². The van der Waals surface area contributed by atoms with Crippen LogP contribution in [0.4, 0.5) is 0 Å². The zero-order valence-corrected chi connectivity index (χ0v) is 19.2. The molecule has 1 aliphatic rings. The first-order valence-corrected chi connectivity index (χ1v) is 9.51. The maximum Gasteiger partial charge on any atom is 0.191 e. The highest BCUT2D eigenvalue weighted by Crippen LogP contribution is 2.30. The van der Waals surface area contributed by atoms with Crippen molar-refractivity contribution in [2.24, 2.45) is 4.99 Å². The number of rotatable bonds is 5. The Morgan fingerprint density at radius 3 is 2.70 bits per heavy atom. The highest BCUT2D eigenvalue weighted by Gasteiger charge is 2.20. The molecule has 2 aromatic heterocycles. The summed E-state index contributed by atoms with van der Waals surface area (Å²) >= 11 is 0. The van der Waals surface area contributed by atoms with Crippen molar-refractivity contribution in [3.8, 4) is 17.3 Å². The van der Waals surface area contributed by atoms with Crippen LogP contribution in [0, 0.1) is 6.92 Å². The number of pyridine rings is 1. The molecule has 0 spiro atoms. The number of guanidine groups is 1. The number of para-hydroxylation sites is 2. The van der Waals surface area contributed by atoms with E-state index in [-0.39, 0.29) is 30.1 Å². The lowest BCUT2D eigenvalue weighted by Gasteiger charge is -2.27. The molecular weight excluding hydrogens is 495 g/mol. The van der Waals surface area contributed by atoms with Gasteiger partial charge in [-0.25, -0.2) is 9.97 Å². The average molecular weight is 520 g/mol. The van der Waals surface area contributed by atoms with E-state index in [1.807, 2.05) is 60.3 Å². The van der Waals surface area contributed by atoms with Gasteiger partial charge in [-0.1, -0.05) is 18.2 Å². The molecule has 8 nitrogen and oxygen atoms in total. The van der Waals surface area contributed by atoms with Crippen LogP contribution < -0.4 is 20.1 Å². The smallest absolute Gasteiger partial charge is 0.191 e. The second-order valence-corrected chi connectivity index (χ2v) is 6.67. The molecule has 158 valence electrons. The van der Waals surface area contributed by atoms with Crippen LogP contribution in [-0.4, -0.2) is 46.8 Å². The van der Waals surface area contributed by atoms with E-state index in [4.69, 9.17) is 9.47 Å². The van der Waals surface area contributed by atoms with Crippen molar-refractivity contribution >= 4 is 29.9 Å². The molecule has 1 aromatic carbocycles. The maximum absolute atomic E-state index is 5.96. The fourth-order valence-corrected chi connectivity index (χ4v) is 3.06. The molecule has 0 aliphatic carbocycles. The van der Waals surface area contributed by atoms with Crippen LogP contribution in [0.1, 0.15) is 11.4 Å². The van der Waals surface area contributed by atoms with Gasteiger partial charge in [-0.15, -0.1) is 24.0 Å². The molecule has 0 radical (unpaired) electrons. The molecule has 0 bridgehead atoms. The van der Waals surface area contributed by atoms with Gasteiger partial charge in [0.2, 0.25) is 0 Å². The molecule has 1 atom stereocenters. The zero-order valence-electron chi connectivity index (χ0n) is 16.9. The summed E-state index contributed by atoms with van der Waals surface area (Å²) in [6.45, 7) is 3.65. The molecule has 1 unspecified atom stereocenters. The summed E-state index contributed by atoms with van der Waals surface area (Å²) in [6.07, 6.45) is 5.44. The van der Waals surface area contributed by atoms with Gasteiger partial charge in [0.25, 0.3) is 0 Å². The van der Waals surface area contributed by atoms with E-state index in [1.165, 1.54) is 0 Å². The van der Waals surface area contributed by atoms with Crippen LogP contribution in [-0.2, 0) is 6.54 Å². The van der Waals surface area contributed by atoms with Gasteiger partial charge >= 0.3 is 0 Å². The number of ether oxygens (including phenoxy) is 2. The molecule has 2 N–H and O–H groups in total. The molecule has 3 aromatic rings. The Balaban J connectivity index is 0.00000256. The van der Waals surface area contributed by atoms with Crippen LogP contribution in [0.2, 0.25) is 0 Å². The standard InChI is InChI=1S/C21H24N6O2.HI/c1-15-23-9-10-27(15)20-8-7-16(11-24-20)12-25-21(22-2)26-13-17-14-28-18-5-3-4-6-19(18)29-17;/h3-11,17H,12-14H2,1-2H3,(H2,22,25,26);1H. The molecule has 9 heteroatoms. The second-order valence-electron chi connectivity index (χ2n) is 6.67. The number of hydrogen-bond acceptors (Lipinski definition) is 5. The first-order valence-electron chi connectivity index (χ1n) is 9.51. The molecule has 30 heavy (non-hydrogen) atoms. The molecule has 0 saturated carbocycles. The Bertz CT molecular complexity index is 989. The predicted octanol–water partition coefficient (Wildman–Crippen LogP) is 2.70. The van der Waals surface area contributed by atoms with Crippen LogP contribution in [0.5, 0.6) is 11.5 Å². The number of halogens is 1. The fraction of sp³-hybridized carbons (Fsp3) is 0.286. The SMILES string of the molecule is CN=C(NCc1ccc(-n2ccnc2C)nc1)NCC1COc2ccccc2O1.I.